The molecule has 0 radical (unpaired) electrons. The number of benzene rings is 1. The van der Waals surface area contributed by atoms with E-state index in [1.54, 1.807) is 0 Å². The van der Waals surface area contributed by atoms with E-state index in [-0.39, 0.29) is 17.1 Å². The van der Waals surface area contributed by atoms with E-state index in [0.717, 1.165) is 37.7 Å². The van der Waals surface area contributed by atoms with E-state index in [1.165, 1.54) is 18.8 Å². The summed E-state index contributed by atoms with van der Waals surface area (Å²) in [5.41, 5.74) is 7.19. The number of thioether (sulfide) groups is 1. The van der Waals surface area contributed by atoms with Gasteiger partial charge in [-0.2, -0.15) is 4.68 Å². The first kappa shape index (κ1) is 19.5. The Kier molecular flexibility index (Phi) is 5.18. The third-order valence-corrected chi connectivity index (χ3v) is 5.26. The number of hydrogen-bond acceptors (Lipinski definition) is 8. The predicted molar refractivity (Wildman–Crippen MR) is 105 cm³/mol. The smallest absolute Gasteiger partial charge is 0.332 e. The summed E-state index contributed by atoms with van der Waals surface area (Å²) in [5.74, 6) is -0.773. The summed E-state index contributed by atoms with van der Waals surface area (Å²) in [7, 11) is 2.70. The van der Waals surface area contributed by atoms with Gasteiger partial charge in [0.2, 0.25) is 5.16 Å². The van der Waals surface area contributed by atoms with Crippen molar-refractivity contribution in [2.24, 2.45) is 14.1 Å². The summed E-state index contributed by atoms with van der Waals surface area (Å²) in [6.07, 6.45) is 0. The number of rotatable bonds is 5. The minimum Gasteiger partial charge on any atom is -0.384 e. The molecule has 28 heavy (non-hydrogen) atoms. The van der Waals surface area contributed by atoms with Gasteiger partial charge in [-0.05, 0) is 35.9 Å². The van der Waals surface area contributed by atoms with Crippen molar-refractivity contribution in [2.75, 3.05) is 11.5 Å². The van der Waals surface area contributed by atoms with Gasteiger partial charge < -0.3 is 5.73 Å². The summed E-state index contributed by atoms with van der Waals surface area (Å²) >= 11 is 1.08. The SMILES string of the molecule is Cc1ccc(-n2nnnc2SCC(=O)c2c(N)n(C)c(=O)n(C)c2=O)c(C)c1. The normalized spacial score (nSPS) is 11.0. The van der Waals surface area contributed by atoms with Crippen molar-refractivity contribution >= 4 is 23.4 Å². The molecule has 11 heteroatoms. The van der Waals surface area contributed by atoms with Crippen LogP contribution in [0.4, 0.5) is 5.82 Å². The lowest BCUT2D eigenvalue weighted by molar-refractivity contribution is 0.102. The molecule has 0 amide bonds. The Morgan fingerprint density at radius 2 is 1.89 bits per heavy atom. The van der Waals surface area contributed by atoms with Gasteiger partial charge in [0.1, 0.15) is 11.4 Å². The van der Waals surface area contributed by atoms with Crippen LogP contribution in [0.15, 0.2) is 32.9 Å². The molecule has 3 rings (SSSR count). The van der Waals surface area contributed by atoms with Gasteiger partial charge in [0.15, 0.2) is 5.78 Å². The quantitative estimate of drug-likeness (QED) is 0.475. The van der Waals surface area contributed by atoms with E-state index >= 15 is 0 Å². The standard InChI is InChI=1S/C17H19N7O3S/c1-9-5-6-11(10(2)7-9)24-16(19-20-21-24)28-8-12(25)13-14(18)22(3)17(27)23(4)15(13)26/h5-7H,8,18H2,1-4H3. The van der Waals surface area contributed by atoms with Crippen LogP contribution in [-0.4, -0.2) is 40.9 Å². The molecule has 10 nitrogen and oxygen atoms in total. The van der Waals surface area contributed by atoms with E-state index in [1.807, 2.05) is 32.0 Å². The molecule has 0 saturated heterocycles. The molecule has 2 aromatic heterocycles. The lowest BCUT2D eigenvalue weighted by Crippen LogP contribution is -2.41. The van der Waals surface area contributed by atoms with Gasteiger partial charge in [0, 0.05) is 14.1 Å². The molecule has 146 valence electrons. The van der Waals surface area contributed by atoms with Crippen LogP contribution in [0.25, 0.3) is 5.69 Å². The van der Waals surface area contributed by atoms with Crippen LogP contribution in [0.1, 0.15) is 21.5 Å². The molecule has 3 aromatic rings. The number of Topliss-reactive ketones (excluding diaryl/α,β-unsaturated/α-hetero) is 1. The van der Waals surface area contributed by atoms with Crippen molar-refractivity contribution < 1.29 is 4.79 Å². The molecular formula is C17H19N7O3S. The number of carbonyl (C=O) groups is 1. The monoisotopic (exact) mass is 401 g/mol. The number of nitrogens with two attached hydrogens (primary N) is 1. The Morgan fingerprint density at radius 3 is 2.57 bits per heavy atom. The minimum atomic E-state index is -0.722. The van der Waals surface area contributed by atoms with Crippen molar-refractivity contribution in [3.05, 3.63) is 55.7 Å². The Labute approximate surface area is 164 Å². The maximum absolute atomic E-state index is 12.6. The largest absolute Gasteiger partial charge is 0.384 e. The highest BCUT2D eigenvalue weighted by Crippen LogP contribution is 2.22. The minimum absolute atomic E-state index is 0.108. The maximum Gasteiger partial charge on any atom is 0.332 e. The summed E-state index contributed by atoms with van der Waals surface area (Å²) in [6.45, 7) is 3.93. The zero-order valence-corrected chi connectivity index (χ0v) is 16.6. The predicted octanol–water partition coefficient (Wildman–Crippen LogP) is 0.234. The molecular weight excluding hydrogens is 382 g/mol. The maximum atomic E-state index is 12.6. The zero-order chi connectivity index (χ0) is 20.6. The van der Waals surface area contributed by atoms with Crippen molar-refractivity contribution in [3.63, 3.8) is 0 Å². The van der Waals surface area contributed by atoms with Gasteiger partial charge in [-0.3, -0.25) is 18.7 Å². The number of hydrogen-bond donors (Lipinski definition) is 1. The first-order valence-corrected chi connectivity index (χ1v) is 9.28. The first-order valence-electron chi connectivity index (χ1n) is 8.30. The fourth-order valence-electron chi connectivity index (χ4n) is 2.79. The molecule has 0 aliphatic carbocycles. The van der Waals surface area contributed by atoms with Crippen molar-refractivity contribution in [1.29, 1.82) is 0 Å². The average molecular weight is 401 g/mol. The van der Waals surface area contributed by atoms with Gasteiger partial charge in [0.05, 0.1) is 11.4 Å². The van der Waals surface area contributed by atoms with E-state index in [2.05, 4.69) is 15.5 Å². The Hall–Kier alpha value is -3.21. The highest BCUT2D eigenvalue weighted by atomic mass is 32.2. The Bertz CT molecular complexity index is 1190. The van der Waals surface area contributed by atoms with E-state index < -0.39 is 17.0 Å². The number of aromatic nitrogens is 6. The van der Waals surface area contributed by atoms with Crippen molar-refractivity contribution in [1.82, 2.24) is 29.3 Å². The molecule has 2 heterocycles. The lowest BCUT2D eigenvalue weighted by atomic mass is 10.1. The van der Waals surface area contributed by atoms with E-state index in [0.29, 0.717) is 5.16 Å². The Morgan fingerprint density at radius 1 is 1.18 bits per heavy atom. The molecule has 0 aliphatic rings. The van der Waals surface area contributed by atoms with E-state index in [4.69, 9.17) is 5.73 Å². The van der Waals surface area contributed by atoms with Crippen LogP contribution < -0.4 is 17.0 Å². The lowest BCUT2D eigenvalue weighted by Gasteiger charge is -2.11. The third kappa shape index (κ3) is 3.36. The molecule has 0 unspecified atom stereocenters. The van der Waals surface area contributed by atoms with Crippen LogP contribution in [0.3, 0.4) is 0 Å². The van der Waals surface area contributed by atoms with Crippen LogP contribution in [0, 0.1) is 13.8 Å². The van der Waals surface area contributed by atoms with Crippen LogP contribution in [0.2, 0.25) is 0 Å². The molecule has 1 aromatic carbocycles. The zero-order valence-electron chi connectivity index (χ0n) is 15.8. The molecule has 2 N–H and O–H groups in total. The fourth-order valence-corrected chi connectivity index (χ4v) is 3.54. The summed E-state index contributed by atoms with van der Waals surface area (Å²) in [6, 6.07) is 5.84. The summed E-state index contributed by atoms with van der Waals surface area (Å²) in [4.78, 5) is 36.9. The second-order valence-corrected chi connectivity index (χ2v) is 7.28. The second-order valence-electron chi connectivity index (χ2n) is 6.34. The Balaban J connectivity index is 1.89. The van der Waals surface area contributed by atoms with Crippen LogP contribution in [-0.2, 0) is 14.1 Å². The third-order valence-electron chi connectivity index (χ3n) is 4.34. The summed E-state index contributed by atoms with van der Waals surface area (Å²) in [5, 5.41) is 12.0. The number of ketones is 1. The highest BCUT2D eigenvalue weighted by molar-refractivity contribution is 7.99. The fraction of sp³-hybridized carbons (Fsp3) is 0.294. The topological polar surface area (TPSA) is 131 Å². The van der Waals surface area contributed by atoms with Gasteiger partial charge in [-0.1, -0.05) is 29.5 Å². The van der Waals surface area contributed by atoms with Gasteiger partial charge >= 0.3 is 5.69 Å². The first-order chi connectivity index (χ1) is 13.2. The molecule has 0 bridgehead atoms. The average Bonchev–Trinajstić information content (AvgIpc) is 3.11. The van der Waals surface area contributed by atoms with Gasteiger partial charge in [-0.15, -0.1) is 5.10 Å². The van der Waals surface area contributed by atoms with Crippen LogP contribution >= 0.6 is 11.8 Å². The van der Waals surface area contributed by atoms with E-state index in [9.17, 15) is 14.4 Å². The number of nitrogen functional groups attached to an aromatic ring is 1. The molecule has 0 atom stereocenters. The number of anilines is 1. The van der Waals surface area contributed by atoms with Crippen molar-refractivity contribution in [2.45, 2.75) is 19.0 Å². The molecule has 0 aliphatic heterocycles. The number of tetrazole rings is 1. The number of aryl methyl sites for hydroxylation is 2. The molecule has 0 spiro atoms. The number of carbonyl (C=O) groups excluding carboxylic acids is 1. The van der Waals surface area contributed by atoms with Crippen molar-refractivity contribution in [3.8, 4) is 5.69 Å². The van der Waals surface area contributed by atoms with Gasteiger partial charge in [0.25, 0.3) is 5.56 Å². The highest BCUT2D eigenvalue weighted by Gasteiger charge is 2.21. The number of nitrogens with zero attached hydrogens (tertiary/aromatic N) is 6. The molecule has 0 fully saturated rings. The molecule has 0 saturated carbocycles. The second kappa shape index (κ2) is 7.43. The summed E-state index contributed by atoms with van der Waals surface area (Å²) < 4.78 is 3.46. The van der Waals surface area contributed by atoms with Crippen LogP contribution in [0.5, 0.6) is 0 Å². The van der Waals surface area contributed by atoms with Gasteiger partial charge in [-0.25, -0.2) is 4.79 Å².